The minimum atomic E-state index is 0.141. The molecule has 2 aromatic rings. The summed E-state index contributed by atoms with van der Waals surface area (Å²) in [4.78, 5) is 8.55. The molecule has 0 unspecified atom stereocenters. The lowest BCUT2D eigenvalue weighted by molar-refractivity contribution is 0.291. The van der Waals surface area contributed by atoms with E-state index in [0.717, 1.165) is 17.0 Å². The Kier molecular flexibility index (Phi) is 6.29. The number of hydrogen-bond acceptors (Lipinski definition) is 4. The smallest absolute Gasteiger partial charge is 0.223 e. The third-order valence-corrected chi connectivity index (χ3v) is 5.54. The van der Waals surface area contributed by atoms with E-state index in [-0.39, 0.29) is 5.41 Å². The quantitative estimate of drug-likeness (QED) is 0.570. The van der Waals surface area contributed by atoms with E-state index in [2.05, 4.69) is 66.0 Å². The molecule has 1 aromatic heterocycles. The number of halogens is 1. The van der Waals surface area contributed by atoms with Crippen LogP contribution in [0.1, 0.15) is 49.4 Å². The highest BCUT2D eigenvalue weighted by Crippen LogP contribution is 2.39. The molecule has 0 spiro atoms. The summed E-state index contributed by atoms with van der Waals surface area (Å²) in [5, 5.41) is 10.7. The van der Waals surface area contributed by atoms with Gasteiger partial charge in [-0.05, 0) is 30.5 Å². The van der Waals surface area contributed by atoms with E-state index in [1.807, 2.05) is 0 Å². The van der Waals surface area contributed by atoms with Crippen molar-refractivity contribution in [2.45, 2.75) is 51.0 Å². The van der Waals surface area contributed by atoms with Gasteiger partial charge in [-0.25, -0.2) is 0 Å². The average molecular weight is 420 g/mol. The van der Waals surface area contributed by atoms with E-state index in [9.17, 15) is 0 Å². The summed E-state index contributed by atoms with van der Waals surface area (Å²) in [6.07, 6.45) is 6.24. The summed E-state index contributed by atoms with van der Waals surface area (Å²) < 4.78 is 6.14. The van der Waals surface area contributed by atoms with Crippen molar-refractivity contribution in [3.05, 3.63) is 46.0 Å². The first-order valence-corrected chi connectivity index (χ1v) is 9.90. The van der Waals surface area contributed by atoms with Gasteiger partial charge in [-0.1, -0.05) is 52.5 Å². The maximum Gasteiger partial charge on any atom is 0.223 e. The molecule has 0 radical (unpaired) electrons. The highest BCUT2D eigenvalue weighted by molar-refractivity contribution is 9.10. The van der Waals surface area contributed by atoms with Crippen molar-refractivity contribution in [1.29, 1.82) is 0 Å². The van der Waals surface area contributed by atoms with E-state index < -0.39 is 0 Å². The Morgan fingerprint density at radius 2 is 2.08 bits per heavy atom. The lowest BCUT2D eigenvalue weighted by Gasteiger charge is -2.38. The molecule has 6 nitrogen and oxygen atoms in total. The van der Waals surface area contributed by atoms with Gasteiger partial charge in [-0.2, -0.15) is 4.98 Å². The molecule has 26 heavy (non-hydrogen) atoms. The maximum absolute atomic E-state index is 5.00. The highest BCUT2D eigenvalue weighted by atomic mass is 79.9. The van der Waals surface area contributed by atoms with Crippen molar-refractivity contribution in [2.24, 2.45) is 4.99 Å². The van der Waals surface area contributed by atoms with Crippen LogP contribution in [-0.2, 0) is 12.0 Å². The molecule has 1 heterocycles. The molecule has 1 aromatic carbocycles. The standard InChI is InChI=1S/C19H26BrN5O/c1-14-24-17(25-26-14)12-22-18(21-2)23-13-19(9-4-3-5-10-19)15-7-6-8-16(20)11-15/h6-8,11H,3-5,9-10,12-13H2,1-2H3,(H2,21,22,23). The number of aryl methyl sites for hydroxylation is 1. The summed E-state index contributed by atoms with van der Waals surface area (Å²) in [5.74, 6) is 1.96. The van der Waals surface area contributed by atoms with Crippen LogP contribution in [0.4, 0.5) is 0 Å². The first-order chi connectivity index (χ1) is 12.6. The van der Waals surface area contributed by atoms with Crippen LogP contribution in [0.3, 0.4) is 0 Å². The number of nitrogens with one attached hydrogen (secondary N) is 2. The molecule has 1 fully saturated rings. The van der Waals surface area contributed by atoms with Gasteiger partial charge in [0.1, 0.15) is 0 Å². The molecule has 0 amide bonds. The zero-order chi connectivity index (χ0) is 18.4. The Balaban J connectivity index is 1.66. The molecule has 2 N–H and O–H groups in total. The van der Waals surface area contributed by atoms with Crippen molar-refractivity contribution < 1.29 is 4.52 Å². The van der Waals surface area contributed by atoms with Gasteiger partial charge >= 0.3 is 0 Å². The van der Waals surface area contributed by atoms with Gasteiger partial charge in [0.05, 0.1) is 6.54 Å². The van der Waals surface area contributed by atoms with Gasteiger partial charge in [0, 0.05) is 30.4 Å². The van der Waals surface area contributed by atoms with Crippen molar-refractivity contribution in [3.63, 3.8) is 0 Å². The molecule has 3 rings (SSSR count). The van der Waals surface area contributed by atoms with Crippen LogP contribution in [0, 0.1) is 6.92 Å². The van der Waals surface area contributed by atoms with Crippen LogP contribution >= 0.6 is 15.9 Å². The first kappa shape index (κ1) is 18.9. The summed E-state index contributed by atoms with van der Waals surface area (Å²) in [6.45, 7) is 3.13. The van der Waals surface area contributed by atoms with Crippen molar-refractivity contribution in [1.82, 2.24) is 20.8 Å². The summed E-state index contributed by atoms with van der Waals surface area (Å²) in [6, 6.07) is 8.71. The molecule has 1 aliphatic carbocycles. The van der Waals surface area contributed by atoms with Crippen LogP contribution in [0.2, 0.25) is 0 Å². The lowest BCUT2D eigenvalue weighted by atomic mass is 9.69. The fourth-order valence-electron chi connectivity index (χ4n) is 3.66. The van der Waals surface area contributed by atoms with Crippen LogP contribution < -0.4 is 10.6 Å². The minimum Gasteiger partial charge on any atom is -0.356 e. The molecular weight excluding hydrogens is 394 g/mol. The van der Waals surface area contributed by atoms with Gasteiger partial charge in [0.25, 0.3) is 0 Å². The first-order valence-electron chi connectivity index (χ1n) is 9.11. The third kappa shape index (κ3) is 4.63. The van der Waals surface area contributed by atoms with Gasteiger partial charge in [0.15, 0.2) is 11.8 Å². The van der Waals surface area contributed by atoms with Crippen molar-refractivity contribution in [3.8, 4) is 0 Å². The Morgan fingerprint density at radius 3 is 2.73 bits per heavy atom. The molecule has 0 aliphatic heterocycles. The van der Waals surface area contributed by atoms with E-state index in [1.165, 1.54) is 37.7 Å². The SMILES string of the molecule is CN=C(NCc1noc(C)n1)NCC1(c2cccc(Br)c2)CCCCC1. The summed E-state index contributed by atoms with van der Waals surface area (Å²) >= 11 is 3.62. The zero-order valence-corrected chi connectivity index (χ0v) is 17.0. The topological polar surface area (TPSA) is 75.3 Å². The second kappa shape index (κ2) is 8.66. The van der Waals surface area contributed by atoms with Gasteiger partial charge in [0.2, 0.25) is 5.89 Å². The highest BCUT2D eigenvalue weighted by Gasteiger charge is 2.34. The fraction of sp³-hybridized carbons (Fsp3) is 0.526. The van der Waals surface area contributed by atoms with Gasteiger partial charge in [-0.3, -0.25) is 4.99 Å². The Bertz CT molecular complexity index is 752. The minimum absolute atomic E-state index is 0.141. The molecule has 140 valence electrons. The van der Waals surface area contributed by atoms with Crippen LogP contribution in [-0.4, -0.2) is 29.7 Å². The largest absolute Gasteiger partial charge is 0.356 e. The normalized spacial score (nSPS) is 17.1. The monoisotopic (exact) mass is 419 g/mol. The summed E-state index contributed by atoms with van der Waals surface area (Å²) in [7, 11) is 1.78. The maximum atomic E-state index is 5.00. The third-order valence-electron chi connectivity index (χ3n) is 5.05. The molecule has 0 saturated heterocycles. The molecule has 0 bridgehead atoms. The predicted molar refractivity (Wildman–Crippen MR) is 106 cm³/mol. The molecule has 0 atom stereocenters. The number of benzene rings is 1. The lowest BCUT2D eigenvalue weighted by Crippen LogP contribution is -2.46. The molecule has 1 aliphatic rings. The van der Waals surface area contributed by atoms with Crippen LogP contribution in [0.25, 0.3) is 0 Å². The van der Waals surface area contributed by atoms with E-state index in [1.54, 1.807) is 14.0 Å². The number of nitrogens with zero attached hydrogens (tertiary/aromatic N) is 3. The predicted octanol–water partition coefficient (Wildman–Crippen LogP) is 3.71. The molecule has 1 saturated carbocycles. The molecular formula is C19H26BrN5O. The number of guanidine groups is 1. The molecule has 7 heteroatoms. The Labute approximate surface area is 163 Å². The number of hydrogen-bond donors (Lipinski definition) is 2. The van der Waals surface area contributed by atoms with Crippen LogP contribution in [0.15, 0.2) is 38.3 Å². The van der Waals surface area contributed by atoms with Crippen LogP contribution in [0.5, 0.6) is 0 Å². The Hall–Kier alpha value is -1.89. The summed E-state index contributed by atoms with van der Waals surface area (Å²) in [5.41, 5.74) is 1.53. The van der Waals surface area contributed by atoms with Crippen molar-refractivity contribution >= 4 is 21.9 Å². The number of rotatable bonds is 5. The average Bonchev–Trinajstić information content (AvgIpc) is 3.08. The Morgan fingerprint density at radius 1 is 1.27 bits per heavy atom. The second-order valence-electron chi connectivity index (χ2n) is 6.86. The number of aromatic nitrogens is 2. The van der Waals surface area contributed by atoms with Crippen molar-refractivity contribution in [2.75, 3.05) is 13.6 Å². The zero-order valence-electron chi connectivity index (χ0n) is 15.4. The van der Waals surface area contributed by atoms with Gasteiger partial charge < -0.3 is 15.2 Å². The second-order valence-corrected chi connectivity index (χ2v) is 7.78. The van der Waals surface area contributed by atoms with Gasteiger partial charge in [-0.15, -0.1) is 0 Å². The van der Waals surface area contributed by atoms with E-state index in [4.69, 9.17) is 4.52 Å². The number of aliphatic imine (C=N–C) groups is 1. The van der Waals surface area contributed by atoms with E-state index >= 15 is 0 Å². The van der Waals surface area contributed by atoms with E-state index in [0.29, 0.717) is 18.3 Å². The fourth-order valence-corrected chi connectivity index (χ4v) is 4.06.